The van der Waals surface area contributed by atoms with Gasteiger partial charge in [-0.2, -0.15) is 0 Å². The highest BCUT2D eigenvalue weighted by atomic mass is 79.9. The summed E-state index contributed by atoms with van der Waals surface area (Å²) in [5, 5.41) is 17.9. The molecule has 0 saturated carbocycles. The quantitative estimate of drug-likeness (QED) is 0.453. The standard InChI is InChI=1S/C21H28BrN3O5/c1-4-16(5-2)30-18-10-13(20(27)28)9-17(19(18)23-12(3)26)25-21(29)24-15-8-6-7-14(22)11-15/h6-8,10-11,16-19H,4-5,9H2,1-3H3,(H,23,26)(H,27,28)(H2,24,25,29)/t17-,18+,19+/m0/s1. The zero-order chi connectivity index (χ0) is 22.3. The Labute approximate surface area is 184 Å². The first-order valence-electron chi connectivity index (χ1n) is 9.93. The van der Waals surface area contributed by atoms with Gasteiger partial charge in [0.05, 0.1) is 24.3 Å². The number of carbonyl (C=O) groups excluding carboxylic acids is 2. The van der Waals surface area contributed by atoms with Crippen LogP contribution in [0.1, 0.15) is 40.0 Å². The number of rotatable bonds is 8. The van der Waals surface area contributed by atoms with Crippen molar-refractivity contribution in [2.75, 3.05) is 5.32 Å². The van der Waals surface area contributed by atoms with E-state index in [1.54, 1.807) is 18.2 Å². The first kappa shape index (κ1) is 23.9. The molecule has 0 aromatic heterocycles. The van der Waals surface area contributed by atoms with Crippen LogP contribution in [0, 0.1) is 0 Å². The maximum absolute atomic E-state index is 12.6. The Hall–Kier alpha value is -2.39. The molecule has 8 nitrogen and oxygen atoms in total. The fraction of sp³-hybridized carbons (Fsp3) is 0.476. The minimum Gasteiger partial charge on any atom is -0.478 e. The second-order valence-electron chi connectivity index (χ2n) is 7.18. The highest BCUT2D eigenvalue weighted by molar-refractivity contribution is 9.10. The maximum Gasteiger partial charge on any atom is 0.331 e. The molecule has 1 aromatic rings. The molecule has 4 N–H and O–H groups in total. The number of hydrogen-bond acceptors (Lipinski definition) is 4. The van der Waals surface area contributed by atoms with Gasteiger partial charge in [0.2, 0.25) is 5.91 Å². The van der Waals surface area contributed by atoms with Crippen LogP contribution in [-0.4, -0.2) is 47.3 Å². The minimum absolute atomic E-state index is 0.0644. The second kappa shape index (κ2) is 11.1. The number of benzene rings is 1. The van der Waals surface area contributed by atoms with Gasteiger partial charge in [-0.25, -0.2) is 9.59 Å². The second-order valence-corrected chi connectivity index (χ2v) is 8.10. The van der Waals surface area contributed by atoms with Gasteiger partial charge < -0.3 is 25.8 Å². The number of halogens is 1. The van der Waals surface area contributed by atoms with E-state index >= 15 is 0 Å². The molecule has 0 radical (unpaired) electrons. The van der Waals surface area contributed by atoms with Gasteiger partial charge in [-0.15, -0.1) is 0 Å². The molecular weight excluding hydrogens is 454 g/mol. The van der Waals surface area contributed by atoms with Gasteiger partial charge >= 0.3 is 12.0 Å². The molecule has 0 saturated heterocycles. The predicted octanol–water partition coefficient (Wildman–Crippen LogP) is 3.43. The van der Waals surface area contributed by atoms with Crippen LogP contribution in [0.25, 0.3) is 0 Å². The van der Waals surface area contributed by atoms with Gasteiger partial charge in [0.1, 0.15) is 0 Å². The number of carboxylic acids is 1. The van der Waals surface area contributed by atoms with Crippen molar-refractivity contribution in [3.8, 4) is 0 Å². The fourth-order valence-electron chi connectivity index (χ4n) is 3.41. The molecule has 0 fully saturated rings. The lowest BCUT2D eigenvalue weighted by atomic mass is 9.87. The minimum atomic E-state index is -1.08. The first-order chi connectivity index (χ1) is 14.2. The van der Waals surface area contributed by atoms with Crippen molar-refractivity contribution >= 4 is 39.5 Å². The molecular formula is C21H28BrN3O5. The highest BCUT2D eigenvalue weighted by Gasteiger charge is 2.38. The summed E-state index contributed by atoms with van der Waals surface area (Å²) in [6, 6.07) is 5.34. The molecule has 2 rings (SSSR count). The molecule has 164 valence electrons. The van der Waals surface area contributed by atoms with Crippen molar-refractivity contribution in [3.05, 3.63) is 40.4 Å². The van der Waals surface area contributed by atoms with Crippen LogP contribution < -0.4 is 16.0 Å². The van der Waals surface area contributed by atoms with Gasteiger partial charge in [-0.1, -0.05) is 35.8 Å². The van der Waals surface area contributed by atoms with E-state index in [9.17, 15) is 19.5 Å². The number of amides is 3. The van der Waals surface area contributed by atoms with Gasteiger partial charge in [-0.3, -0.25) is 4.79 Å². The number of aliphatic carboxylic acids is 1. The van der Waals surface area contributed by atoms with Crippen LogP contribution >= 0.6 is 15.9 Å². The predicted molar refractivity (Wildman–Crippen MR) is 117 cm³/mol. The lowest BCUT2D eigenvalue weighted by Crippen LogP contribution is -2.60. The van der Waals surface area contributed by atoms with Crippen molar-refractivity contribution < 1.29 is 24.2 Å². The zero-order valence-electron chi connectivity index (χ0n) is 17.3. The monoisotopic (exact) mass is 481 g/mol. The molecule has 0 aliphatic heterocycles. The van der Waals surface area contributed by atoms with E-state index in [0.29, 0.717) is 5.69 Å². The van der Waals surface area contributed by atoms with Crippen LogP contribution in [0.15, 0.2) is 40.4 Å². The maximum atomic E-state index is 12.6. The van der Waals surface area contributed by atoms with Crippen LogP contribution in [0.3, 0.4) is 0 Å². The van der Waals surface area contributed by atoms with Crippen LogP contribution in [0.5, 0.6) is 0 Å². The molecule has 0 heterocycles. The SMILES string of the molecule is CCC(CC)O[C@@H]1C=C(C(=O)O)C[C@H](NC(=O)Nc2cccc(Br)c2)[C@H]1NC(C)=O. The average Bonchev–Trinajstić information content (AvgIpc) is 2.67. The lowest BCUT2D eigenvalue weighted by Gasteiger charge is -2.38. The number of nitrogens with one attached hydrogen (secondary N) is 3. The molecule has 1 aliphatic carbocycles. The van der Waals surface area contributed by atoms with Crippen molar-refractivity contribution in [1.29, 1.82) is 0 Å². The largest absolute Gasteiger partial charge is 0.478 e. The van der Waals surface area contributed by atoms with Crippen molar-refractivity contribution in [1.82, 2.24) is 10.6 Å². The van der Waals surface area contributed by atoms with Crippen LogP contribution in [-0.2, 0) is 14.3 Å². The smallest absolute Gasteiger partial charge is 0.331 e. The van der Waals surface area contributed by atoms with E-state index in [-0.39, 0.29) is 24.0 Å². The van der Waals surface area contributed by atoms with Crippen molar-refractivity contribution in [2.24, 2.45) is 0 Å². The molecule has 0 unspecified atom stereocenters. The molecule has 30 heavy (non-hydrogen) atoms. The summed E-state index contributed by atoms with van der Waals surface area (Å²) in [4.78, 5) is 36.1. The summed E-state index contributed by atoms with van der Waals surface area (Å²) in [5.74, 6) is -1.36. The summed E-state index contributed by atoms with van der Waals surface area (Å²) < 4.78 is 6.91. The van der Waals surface area contributed by atoms with E-state index in [1.807, 2.05) is 19.9 Å². The number of urea groups is 1. The Kier molecular flexibility index (Phi) is 8.86. The first-order valence-corrected chi connectivity index (χ1v) is 10.7. The highest BCUT2D eigenvalue weighted by Crippen LogP contribution is 2.25. The Morgan fingerprint density at radius 1 is 1.23 bits per heavy atom. The third-order valence-corrected chi connectivity index (χ3v) is 5.39. The Morgan fingerprint density at radius 3 is 2.50 bits per heavy atom. The summed E-state index contributed by atoms with van der Waals surface area (Å²) in [5.41, 5.74) is 0.716. The van der Waals surface area contributed by atoms with Gasteiger partial charge in [0, 0.05) is 29.1 Å². The number of carboxylic acid groups (broad SMARTS) is 1. The lowest BCUT2D eigenvalue weighted by molar-refractivity contribution is -0.133. The number of ether oxygens (including phenoxy) is 1. The van der Waals surface area contributed by atoms with Crippen LogP contribution in [0.2, 0.25) is 0 Å². The Bertz CT molecular complexity index is 810. The summed E-state index contributed by atoms with van der Waals surface area (Å²) in [6.07, 6.45) is 2.33. The van der Waals surface area contributed by atoms with E-state index < -0.39 is 30.2 Å². The van der Waals surface area contributed by atoms with E-state index in [1.165, 1.54) is 13.0 Å². The summed E-state index contributed by atoms with van der Waals surface area (Å²) in [7, 11) is 0. The molecule has 0 spiro atoms. The summed E-state index contributed by atoms with van der Waals surface area (Å²) in [6.45, 7) is 5.34. The van der Waals surface area contributed by atoms with Gasteiger partial charge in [0.25, 0.3) is 0 Å². The Morgan fingerprint density at radius 2 is 1.93 bits per heavy atom. The number of carbonyl (C=O) groups is 3. The topological polar surface area (TPSA) is 117 Å². The van der Waals surface area contributed by atoms with E-state index in [4.69, 9.17) is 4.74 Å². The number of hydrogen-bond donors (Lipinski definition) is 4. The third kappa shape index (κ3) is 6.84. The molecule has 9 heteroatoms. The van der Waals surface area contributed by atoms with E-state index in [0.717, 1.165) is 17.3 Å². The zero-order valence-corrected chi connectivity index (χ0v) is 18.9. The fourth-order valence-corrected chi connectivity index (χ4v) is 3.81. The summed E-state index contributed by atoms with van der Waals surface area (Å²) >= 11 is 3.35. The van der Waals surface area contributed by atoms with E-state index in [2.05, 4.69) is 31.9 Å². The average molecular weight is 482 g/mol. The number of anilines is 1. The van der Waals surface area contributed by atoms with Gasteiger partial charge in [0.15, 0.2) is 0 Å². The van der Waals surface area contributed by atoms with Crippen LogP contribution in [0.4, 0.5) is 10.5 Å². The van der Waals surface area contributed by atoms with Crippen molar-refractivity contribution in [3.63, 3.8) is 0 Å². The molecule has 3 amide bonds. The Balaban J connectivity index is 2.24. The molecule has 1 aromatic carbocycles. The van der Waals surface area contributed by atoms with Crippen molar-refractivity contribution in [2.45, 2.75) is 64.3 Å². The molecule has 3 atom stereocenters. The molecule has 1 aliphatic rings. The normalized spacial score (nSPS) is 21.0. The third-order valence-electron chi connectivity index (χ3n) is 4.90. The van der Waals surface area contributed by atoms with Gasteiger partial charge in [-0.05, 0) is 37.1 Å². The molecule has 0 bridgehead atoms.